The zero-order chi connectivity index (χ0) is 9.52. The van der Waals surface area contributed by atoms with Crippen LogP contribution in [0.15, 0.2) is 24.3 Å². The van der Waals surface area contributed by atoms with Crippen LogP contribution in [0.4, 0.5) is 0 Å². The first-order chi connectivity index (χ1) is 6.38. The second-order valence-electron chi connectivity index (χ2n) is 2.70. The van der Waals surface area contributed by atoms with Crippen LogP contribution >= 0.6 is 0 Å². The van der Waals surface area contributed by atoms with Gasteiger partial charge in [0.2, 0.25) is 0 Å². The molecular formula is C10H15NO2. The molecule has 0 saturated carbocycles. The number of rotatable bonds is 5. The van der Waals surface area contributed by atoms with E-state index < -0.39 is 0 Å². The van der Waals surface area contributed by atoms with Crippen LogP contribution in [0.5, 0.6) is 5.75 Å². The van der Waals surface area contributed by atoms with Gasteiger partial charge in [0.05, 0.1) is 0 Å². The maximum Gasteiger partial charge on any atom is 0.188 e. The number of methoxy groups -OCH3 is 1. The molecule has 0 aromatic heterocycles. The molecule has 0 heterocycles. The number of nitrogens with two attached hydrogens (primary N) is 1. The number of hydrogen-bond donors (Lipinski definition) is 1. The van der Waals surface area contributed by atoms with Crippen molar-refractivity contribution in [1.29, 1.82) is 0 Å². The predicted molar refractivity (Wildman–Crippen MR) is 51.7 cm³/mol. The summed E-state index contributed by atoms with van der Waals surface area (Å²) in [7, 11) is 1.60. The average molecular weight is 181 g/mol. The quantitative estimate of drug-likeness (QED) is 0.693. The van der Waals surface area contributed by atoms with Gasteiger partial charge in [0.1, 0.15) is 5.75 Å². The maximum atomic E-state index is 5.47. The lowest BCUT2D eigenvalue weighted by molar-refractivity contribution is 0.0504. The maximum absolute atomic E-state index is 5.47. The van der Waals surface area contributed by atoms with Crippen molar-refractivity contribution in [3.63, 3.8) is 0 Å². The molecule has 72 valence electrons. The zero-order valence-electron chi connectivity index (χ0n) is 7.82. The molecule has 0 radical (unpaired) electrons. The monoisotopic (exact) mass is 181 g/mol. The Hall–Kier alpha value is -1.06. The molecule has 0 saturated heterocycles. The summed E-state index contributed by atoms with van der Waals surface area (Å²) >= 11 is 0. The van der Waals surface area contributed by atoms with Crippen LogP contribution in [0, 0.1) is 0 Å². The molecule has 0 aliphatic carbocycles. The van der Waals surface area contributed by atoms with Crippen molar-refractivity contribution in [2.75, 3.05) is 20.4 Å². The lowest BCUT2D eigenvalue weighted by Crippen LogP contribution is -2.06. The van der Waals surface area contributed by atoms with Gasteiger partial charge in [-0.05, 0) is 24.6 Å². The molecule has 1 aromatic carbocycles. The number of hydrogen-bond acceptors (Lipinski definition) is 3. The Morgan fingerprint density at radius 2 is 2.08 bits per heavy atom. The Morgan fingerprint density at radius 3 is 2.77 bits per heavy atom. The van der Waals surface area contributed by atoms with Crippen molar-refractivity contribution in [2.24, 2.45) is 5.73 Å². The third-order valence-corrected chi connectivity index (χ3v) is 1.72. The van der Waals surface area contributed by atoms with E-state index in [0.717, 1.165) is 17.7 Å². The molecule has 0 bridgehead atoms. The first-order valence-corrected chi connectivity index (χ1v) is 4.28. The summed E-state index contributed by atoms with van der Waals surface area (Å²) in [6, 6.07) is 7.84. The molecule has 0 atom stereocenters. The second kappa shape index (κ2) is 5.56. The van der Waals surface area contributed by atoms with Crippen molar-refractivity contribution in [3.05, 3.63) is 29.8 Å². The summed E-state index contributed by atoms with van der Waals surface area (Å²) < 4.78 is 10.2. The first-order valence-electron chi connectivity index (χ1n) is 4.28. The van der Waals surface area contributed by atoms with Crippen LogP contribution in [0.1, 0.15) is 5.56 Å². The highest BCUT2D eigenvalue weighted by Gasteiger charge is 2.00. The van der Waals surface area contributed by atoms with Crippen LogP contribution in [0.2, 0.25) is 0 Å². The molecule has 3 heteroatoms. The van der Waals surface area contributed by atoms with E-state index in [2.05, 4.69) is 0 Å². The lowest BCUT2D eigenvalue weighted by atomic mass is 10.1. The fourth-order valence-electron chi connectivity index (χ4n) is 1.13. The second-order valence-corrected chi connectivity index (χ2v) is 2.70. The molecule has 0 amide bonds. The first kappa shape index (κ1) is 10.0. The molecule has 0 aliphatic heterocycles. The largest absolute Gasteiger partial charge is 0.467 e. The fraction of sp³-hybridized carbons (Fsp3) is 0.400. The van der Waals surface area contributed by atoms with Gasteiger partial charge in [-0.3, -0.25) is 0 Å². The Bertz CT molecular complexity index is 250. The van der Waals surface area contributed by atoms with Crippen LogP contribution in [-0.2, 0) is 11.2 Å². The molecule has 0 fully saturated rings. The Balaban J connectivity index is 2.66. The van der Waals surface area contributed by atoms with Crippen molar-refractivity contribution >= 4 is 0 Å². The van der Waals surface area contributed by atoms with Gasteiger partial charge in [-0.2, -0.15) is 0 Å². The van der Waals surface area contributed by atoms with Gasteiger partial charge in [0, 0.05) is 7.11 Å². The third-order valence-electron chi connectivity index (χ3n) is 1.72. The van der Waals surface area contributed by atoms with Gasteiger partial charge in [-0.25, -0.2) is 0 Å². The van der Waals surface area contributed by atoms with Gasteiger partial charge >= 0.3 is 0 Å². The van der Waals surface area contributed by atoms with E-state index in [1.807, 2.05) is 24.3 Å². The zero-order valence-corrected chi connectivity index (χ0v) is 7.82. The van der Waals surface area contributed by atoms with Gasteiger partial charge in [0.15, 0.2) is 6.79 Å². The van der Waals surface area contributed by atoms with Crippen LogP contribution < -0.4 is 10.5 Å². The third kappa shape index (κ3) is 3.05. The van der Waals surface area contributed by atoms with Gasteiger partial charge in [0.25, 0.3) is 0 Å². The number of benzene rings is 1. The normalized spacial score (nSPS) is 10.0. The van der Waals surface area contributed by atoms with Gasteiger partial charge < -0.3 is 15.2 Å². The number of ether oxygens (including phenoxy) is 2. The minimum absolute atomic E-state index is 0.279. The molecule has 3 nitrogen and oxygen atoms in total. The molecule has 0 unspecified atom stereocenters. The highest BCUT2D eigenvalue weighted by atomic mass is 16.7. The average Bonchev–Trinajstić information content (AvgIpc) is 2.17. The number of para-hydroxylation sites is 1. The fourth-order valence-corrected chi connectivity index (χ4v) is 1.13. The standard InChI is InChI=1S/C10H15NO2/c1-12-8-13-10-5-3-2-4-9(10)6-7-11/h2-5H,6-8,11H2,1H3. The smallest absolute Gasteiger partial charge is 0.188 e. The summed E-state index contributed by atoms with van der Waals surface area (Å²) in [5.74, 6) is 0.856. The predicted octanol–water partition coefficient (Wildman–Crippen LogP) is 1.17. The van der Waals surface area contributed by atoms with E-state index >= 15 is 0 Å². The lowest BCUT2D eigenvalue weighted by Gasteiger charge is -2.09. The van der Waals surface area contributed by atoms with Crippen LogP contribution in [-0.4, -0.2) is 20.4 Å². The summed E-state index contributed by atoms with van der Waals surface area (Å²) in [5, 5.41) is 0. The summed E-state index contributed by atoms with van der Waals surface area (Å²) in [4.78, 5) is 0. The van der Waals surface area contributed by atoms with Crippen molar-refractivity contribution < 1.29 is 9.47 Å². The highest BCUT2D eigenvalue weighted by Crippen LogP contribution is 2.17. The van der Waals surface area contributed by atoms with Crippen molar-refractivity contribution in [3.8, 4) is 5.75 Å². The molecule has 1 rings (SSSR count). The minimum Gasteiger partial charge on any atom is -0.467 e. The molecule has 0 spiro atoms. The molecular weight excluding hydrogens is 166 g/mol. The Labute approximate surface area is 78.5 Å². The van der Waals surface area contributed by atoms with E-state index in [-0.39, 0.29) is 6.79 Å². The molecule has 1 aromatic rings. The summed E-state index contributed by atoms with van der Waals surface area (Å²) in [6.45, 7) is 0.912. The summed E-state index contributed by atoms with van der Waals surface area (Å²) in [5.41, 5.74) is 6.60. The van der Waals surface area contributed by atoms with Gasteiger partial charge in [-0.1, -0.05) is 18.2 Å². The van der Waals surface area contributed by atoms with E-state index in [4.69, 9.17) is 15.2 Å². The van der Waals surface area contributed by atoms with E-state index in [9.17, 15) is 0 Å². The SMILES string of the molecule is COCOc1ccccc1CCN. The highest BCUT2D eigenvalue weighted by molar-refractivity contribution is 5.33. The van der Waals surface area contributed by atoms with Crippen molar-refractivity contribution in [1.82, 2.24) is 0 Å². The van der Waals surface area contributed by atoms with Crippen LogP contribution in [0.3, 0.4) is 0 Å². The minimum atomic E-state index is 0.279. The van der Waals surface area contributed by atoms with E-state index in [0.29, 0.717) is 6.54 Å². The molecule has 13 heavy (non-hydrogen) atoms. The topological polar surface area (TPSA) is 44.5 Å². The van der Waals surface area contributed by atoms with Crippen LogP contribution in [0.25, 0.3) is 0 Å². The Kier molecular flexibility index (Phi) is 4.29. The molecule has 2 N–H and O–H groups in total. The molecule has 0 aliphatic rings. The van der Waals surface area contributed by atoms with E-state index in [1.165, 1.54) is 0 Å². The van der Waals surface area contributed by atoms with Gasteiger partial charge in [-0.15, -0.1) is 0 Å². The van der Waals surface area contributed by atoms with E-state index in [1.54, 1.807) is 7.11 Å². The van der Waals surface area contributed by atoms with Crippen molar-refractivity contribution in [2.45, 2.75) is 6.42 Å². The summed E-state index contributed by atoms with van der Waals surface area (Å²) in [6.07, 6.45) is 0.833. The Morgan fingerprint density at radius 1 is 1.31 bits per heavy atom.